The Morgan fingerprint density at radius 2 is 2.38 bits per heavy atom. The molecule has 0 bridgehead atoms. The molecule has 0 aromatic carbocycles. The van der Waals surface area contributed by atoms with Gasteiger partial charge in [-0.15, -0.1) is 0 Å². The number of esters is 1. The molecule has 0 aliphatic heterocycles. The van der Waals surface area contributed by atoms with Crippen LogP contribution in [0.3, 0.4) is 0 Å². The van der Waals surface area contributed by atoms with E-state index < -0.39 is 0 Å². The van der Waals surface area contributed by atoms with Gasteiger partial charge in [-0.3, -0.25) is 9.59 Å². The molecule has 1 heterocycles. The van der Waals surface area contributed by atoms with Crippen molar-refractivity contribution in [2.75, 3.05) is 6.61 Å². The molecule has 0 fully saturated rings. The quantitative estimate of drug-likeness (QED) is 0.518. The molecule has 0 aliphatic carbocycles. The van der Waals surface area contributed by atoms with Crippen LogP contribution in [0, 0.1) is 0 Å². The number of carbonyl (C=O) groups is 2. The van der Waals surface area contributed by atoms with Crippen LogP contribution in [0.25, 0.3) is 0 Å². The molecule has 1 aromatic rings. The van der Waals surface area contributed by atoms with Gasteiger partial charge in [0.15, 0.2) is 12.0 Å². The Balaban J connectivity index is 0.000000226. The maximum Gasteiger partial charge on any atom is 0.302 e. The summed E-state index contributed by atoms with van der Waals surface area (Å²) in [6.45, 7) is 3.65. The average molecular weight is 184 g/mol. The third-order valence-electron chi connectivity index (χ3n) is 1.01. The fraction of sp³-hybridized carbons (Fsp3) is 0.333. The van der Waals surface area contributed by atoms with E-state index in [2.05, 4.69) is 9.15 Å². The zero-order chi connectivity index (χ0) is 10.1. The van der Waals surface area contributed by atoms with Gasteiger partial charge in [0, 0.05) is 6.92 Å². The molecule has 1 rings (SSSR count). The smallest absolute Gasteiger partial charge is 0.302 e. The minimum absolute atomic E-state index is 0.211. The Labute approximate surface area is 76.5 Å². The lowest BCUT2D eigenvalue weighted by molar-refractivity contribution is -0.140. The van der Waals surface area contributed by atoms with E-state index in [9.17, 15) is 9.59 Å². The molecule has 0 N–H and O–H groups in total. The number of carbonyl (C=O) groups excluding carboxylic acids is 2. The lowest BCUT2D eigenvalue weighted by atomic mass is 10.5. The third-order valence-corrected chi connectivity index (χ3v) is 1.01. The highest BCUT2D eigenvalue weighted by atomic mass is 16.5. The maximum absolute atomic E-state index is 9.82. The average Bonchev–Trinajstić information content (AvgIpc) is 2.56. The molecule has 0 saturated carbocycles. The molecule has 0 saturated heterocycles. The number of hydrogen-bond donors (Lipinski definition) is 0. The highest BCUT2D eigenvalue weighted by molar-refractivity contribution is 5.69. The van der Waals surface area contributed by atoms with Crippen LogP contribution in [0.1, 0.15) is 24.4 Å². The molecule has 13 heavy (non-hydrogen) atoms. The van der Waals surface area contributed by atoms with Crippen molar-refractivity contribution in [1.82, 2.24) is 0 Å². The number of rotatable bonds is 2. The molecule has 1 aromatic heterocycles. The van der Waals surface area contributed by atoms with E-state index >= 15 is 0 Å². The first-order valence-corrected chi connectivity index (χ1v) is 3.82. The molecular formula is C9H12O4. The highest BCUT2D eigenvalue weighted by Gasteiger charge is 1.84. The zero-order valence-electron chi connectivity index (χ0n) is 7.65. The minimum Gasteiger partial charge on any atom is -0.466 e. The topological polar surface area (TPSA) is 56.5 Å². The Hall–Kier alpha value is -1.58. The summed E-state index contributed by atoms with van der Waals surface area (Å²) in [6.07, 6.45) is 2.13. The summed E-state index contributed by atoms with van der Waals surface area (Å²) >= 11 is 0. The summed E-state index contributed by atoms with van der Waals surface area (Å²) in [6, 6.07) is 3.27. The van der Waals surface area contributed by atoms with Crippen LogP contribution in [0.2, 0.25) is 0 Å². The van der Waals surface area contributed by atoms with Crippen molar-refractivity contribution in [3.05, 3.63) is 24.2 Å². The van der Waals surface area contributed by atoms with Gasteiger partial charge in [0.25, 0.3) is 0 Å². The second-order valence-electron chi connectivity index (χ2n) is 2.06. The number of ether oxygens (including phenoxy) is 1. The first kappa shape index (κ1) is 11.4. The van der Waals surface area contributed by atoms with Crippen molar-refractivity contribution in [3.63, 3.8) is 0 Å². The van der Waals surface area contributed by atoms with Crippen LogP contribution in [-0.2, 0) is 9.53 Å². The monoisotopic (exact) mass is 184 g/mol. The molecule has 4 heteroatoms. The summed E-state index contributed by atoms with van der Waals surface area (Å²) in [5, 5.41) is 0. The van der Waals surface area contributed by atoms with Crippen LogP contribution >= 0.6 is 0 Å². The van der Waals surface area contributed by atoms with Crippen molar-refractivity contribution in [2.45, 2.75) is 13.8 Å². The molecule has 0 atom stereocenters. The first-order valence-electron chi connectivity index (χ1n) is 3.82. The predicted molar refractivity (Wildman–Crippen MR) is 46.4 cm³/mol. The normalized spacial score (nSPS) is 8.15. The van der Waals surface area contributed by atoms with E-state index in [0.717, 1.165) is 0 Å². The standard InChI is InChI=1S/C5H4O2.C4H8O2/c6-4-5-2-1-3-7-5;1-3-6-4(2)5/h1-4H;3H2,1-2H3. The van der Waals surface area contributed by atoms with E-state index in [1.165, 1.54) is 13.2 Å². The van der Waals surface area contributed by atoms with Crippen LogP contribution in [0.5, 0.6) is 0 Å². The van der Waals surface area contributed by atoms with Crippen LogP contribution in [-0.4, -0.2) is 18.9 Å². The van der Waals surface area contributed by atoms with E-state index in [1.54, 1.807) is 19.1 Å². The molecule has 0 unspecified atom stereocenters. The SMILES string of the molecule is CCOC(C)=O.O=Cc1ccco1. The van der Waals surface area contributed by atoms with Gasteiger partial charge in [0.05, 0.1) is 12.9 Å². The van der Waals surface area contributed by atoms with E-state index in [0.29, 0.717) is 18.7 Å². The fourth-order valence-electron chi connectivity index (χ4n) is 0.562. The Bertz CT molecular complexity index is 238. The van der Waals surface area contributed by atoms with Crippen LogP contribution in [0.15, 0.2) is 22.8 Å². The molecule has 0 aliphatic rings. The number of hydrogen-bond acceptors (Lipinski definition) is 4. The third kappa shape index (κ3) is 6.80. The Morgan fingerprint density at radius 1 is 1.69 bits per heavy atom. The van der Waals surface area contributed by atoms with E-state index in [-0.39, 0.29) is 5.97 Å². The molecule has 0 amide bonds. The van der Waals surface area contributed by atoms with Gasteiger partial charge in [0.2, 0.25) is 0 Å². The lowest BCUT2D eigenvalue weighted by Gasteiger charge is -1.89. The van der Waals surface area contributed by atoms with E-state index in [1.807, 2.05) is 0 Å². The van der Waals surface area contributed by atoms with Gasteiger partial charge in [-0.05, 0) is 19.1 Å². The predicted octanol–water partition coefficient (Wildman–Crippen LogP) is 1.66. The molecule has 72 valence electrons. The second kappa shape index (κ2) is 7.09. The van der Waals surface area contributed by atoms with Crippen molar-refractivity contribution in [2.24, 2.45) is 0 Å². The van der Waals surface area contributed by atoms with Crippen molar-refractivity contribution in [1.29, 1.82) is 0 Å². The number of aldehydes is 1. The lowest BCUT2D eigenvalue weighted by Crippen LogP contribution is -1.95. The Morgan fingerprint density at radius 3 is 2.54 bits per heavy atom. The largest absolute Gasteiger partial charge is 0.466 e. The van der Waals surface area contributed by atoms with Gasteiger partial charge < -0.3 is 9.15 Å². The Kier molecular flexibility index (Phi) is 6.23. The summed E-state index contributed by atoms with van der Waals surface area (Å²) in [4.78, 5) is 19.6. The van der Waals surface area contributed by atoms with Crippen molar-refractivity contribution < 1.29 is 18.7 Å². The van der Waals surface area contributed by atoms with Gasteiger partial charge in [-0.2, -0.15) is 0 Å². The summed E-state index contributed by atoms with van der Waals surface area (Å²) < 4.78 is 9.02. The number of furan rings is 1. The second-order valence-corrected chi connectivity index (χ2v) is 2.06. The first-order chi connectivity index (χ1) is 6.20. The van der Waals surface area contributed by atoms with Gasteiger partial charge in [-0.1, -0.05) is 0 Å². The molecular weight excluding hydrogens is 172 g/mol. The van der Waals surface area contributed by atoms with Crippen LogP contribution in [0.4, 0.5) is 0 Å². The van der Waals surface area contributed by atoms with Gasteiger partial charge in [-0.25, -0.2) is 0 Å². The summed E-state index contributed by atoms with van der Waals surface area (Å²) in [5.41, 5.74) is 0. The van der Waals surface area contributed by atoms with E-state index in [4.69, 9.17) is 0 Å². The summed E-state index contributed by atoms with van der Waals surface area (Å²) in [5.74, 6) is 0.164. The molecule has 4 nitrogen and oxygen atoms in total. The van der Waals surface area contributed by atoms with Gasteiger partial charge in [0.1, 0.15) is 0 Å². The molecule has 0 radical (unpaired) electrons. The summed E-state index contributed by atoms with van der Waals surface area (Å²) in [7, 11) is 0. The van der Waals surface area contributed by atoms with Gasteiger partial charge >= 0.3 is 5.97 Å². The van der Waals surface area contributed by atoms with Crippen molar-refractivity contribution >= 4 is 12.3 Å². The maximum atomic E-state index is 9.82. The highest BCUT2D eigenvalue weighted by Crippen LogP contribution is 1.92. The van der Waals surface area contributed by atoms with Crippen LogP contribution < -0.4 is 0 Å². The van der Waals surface area contributed by atoms with Crippen molar-refractivity contribution in [3.8, 4) is 0 Å². The zero-order valence-corrected chi connectivity index (χ0v) is 7.65. The minimum atomic E-state index is -0.211. The molecule has 0 spiro atoms. The fourth-order valence-corrected chi connectivity index (χ4v) is 0.562.